The molecule has 2 amide bonds. The minimum absolute atomic E-state index is 0.0236. The Kier molecular flexibility index (Phi) is 6.72. The summed E-state index contributed by atoms with van der Waals surface area (Å²) in [6.45, 7) is 1.32. The second-order valence-electron chi connectivity index (χ2n) is 7.23. The van der Waals surface area contributed by atoms with E-state index >= 15 is 0 Å². The zero-order chi connectivity index (χ0) is 22.3. The number of aromatic amines is 1. The summed E-state index contributed by atoms with van der Waals surface area (Å²) >= 11 is 1.41. The van der Waals surface area contributed by atoms with Crippen LogP contribution in [-0.2, 0) is 6.54 Å². The van der Waals surface area contributed by atoms with Gasteiger partial charge in [0.1, 0.15) is 0 Å². The summed E-state index contributed by atoms with van der Waals surface area (Å²) in [6, 6.07) is 20.3. The molecule has 0 aliphatic rings. The van der Waals surface area contributed by atoms with Gasteiger partial charge in [-0.15, -0.1) is 11.3 Å². The number of para-hydroxylation sites is 1. The Morgan fingerprint density at radius 3 is 2.56 bits per heavy atom. The Bertz CT molecular complexity index is 1270. The third-order valence-corrected chi connectivity index (χ3v) is 5.81. The normalized spacial score (nSPS) is 10.8. The minimum atomic E-state index is -0.452. The topological polar surface area (TPSA) is 95.2 Å². The predicted molar refractivity (Wildman–Crippen MR) is 125 cm³/mol. The summed E-state index contributed by atoms with van der Waals surface area (Å²) in [4.78, 5) is 46.8. The quantitative estimate of drug-likeness (QED) is 0.405. The second-order valence-corrected chi connectivity index (χ2v) is 8.18. The molecule has 0 saturated carbocycles. The number of thiophene rings is 1. The van der Waals surface area contributed by atoms with Crippen LogP contribution in [0.1, 0.15) is 32.3 Å². The van der Waals surface area contributed by atoms with Crippen LogP contribution in [-0.4, -0.2) is 39.8 Å². The zero-order valence-corrected chi connectivity index (χ0v) is 18.1. The summed E-state index contributed by atoms with van der Waals surface area (Å²) in [5.41, 5.74) is 1.16. The van der Waals surface area contributed by atoms with Crippen LogP contribution < -0.4 is 10.9 Å². The molecule has 0 aliphatic heterocycles. The summed E-state index contributed by atoms with van der Waals surface area (Å²) < 4.78 is 0. The number of H-pyrrole nitrogens is 1. The first kappa shape index (κ1) is 21.5. The van der Waals surface area contributed by atoms with Crippen LogP contribution >= 0.6 is 11.3 Å². The van der Waals surface area contributed by atoms with E-state index in [0.717, 1.165) is 5.56 Å². The van der Waals surface area contributed by atoms with Crippen molar-refractivity contribution in [2.75, 3.05) is 13.1 Å². The number of rotatable bonds is 8. The highest BCUT2D eigenvalue weighted by molar-refractivity contribution is 7.12. The molecule has 8 heteroatoms. The summed E-state index contributed by atoms with van der Waals surface area (Å²) in [7, 11) is 0. The molecule has 162 valence electrons. The molecule has 2 heterocycles. The van der Waals surface area contributed by atoms with Gasteiger partial charge in [-0.3, -0.25) is 14.4 Å². The molecule has 4 rings (SSSR count). The Morgan fingerprint density at radius 2 is 1.78 bits per heavy atom. The average molecular weight is 447 g/mol. The van der Waals surface area contributed by atoms with Crippen LogP contribution in [0, 0.1) is 0 Å². The van der Waals surface area contributed by atoms with Crippen LogP contribution in [0.5, 0.6) is 0 Å². The van der Waals surface area contributed by atoms with E-state index in [-0.39, 0.29) is 17.3 Å². The van der Waals surface area contributed by atoms with Crippen molar-refractivity contribution in [1.29, 1.82) is 0 Å². The molecule has 32 heavy (non-hydrogen) atoms. The fourth-order valence-corrected chi connectivity index (χ4v) is 4.05. The lowest BCUT2D eigenvalue weighted by Gasteiger charge is -2.22. The van der Waals surface area contributed by atoms with Gasteiger partial charge in [-0.2, -0.15) is 0 Å². The van der Waals surface area contributed by atoms with Gasteiger partial charge in [-0.25, -0.2) is 4.98 Å². The number of carbonyl (C=O) groups excluding carboxylic acids is 2. The Labute approximate surface area is 188 Å². The molecule has 0 aliphatic carbocycles. The third kappa shape index (κ3) is 5.09. The first-order valence-corrected chi connectivity index (χ1v) is 11.1. The Balaban J connectivity index is 1.38. The second kappa shape index (κ2) is 10.0. The van der Waals surface area contributed by atoms with E-state index in [4.69, 9.17) is 0 Å². The van der Waals surface area contributed by atoms with Crippen LogP contribution in [0.4, 0.5) is 0 Å². The van der Waals surface area contributed by atoms with Crippen molar-refractivity contribution in [2.45, 2.75) is 13.0 Å². The maximum absolute atomic E-state index is 12.9. The molecule has 0 fully saturated rings. The number of fused-ring (bicyclic) bond motifs is 1. The molecule has 2 aromatic heterocycles. The fourth-order valence-electron chi connectivity index (χ4n) is 3.36. The van der Waals surface area contributed by atoms with Crippen molar-refractivity contribution in [1.82, 2.24) is 20.2 Å². The number of carbonyl (C=O) groups is 2. The van der Waals surface area contributed by atoms with Gasteiger partial charge in [-0.05, 0) is 35.6 Å². The Morgan fingerprint density at radius 1 is 1.00 bits per heavy atom. The molecular weight excluding hydrogens is 424 g/mol. The molecule has 0 spiro atoms. The van der Waals surface area contributed by atoms with E-state index in [1.165, 1.54) is 11.3 Å². The van der Waals surface area contributed by atoms with Crippen molar-refractivity contribution >= 4 is 34.1 Å². The van der Waals surface area contributed by atoms with E-state index in [0.29, 0.717) is 41.8 Å². The number of nitrogens with one attached hydrogen (secondary N) is 2. The molecule has 0 atom stereocenters. The van der Waals surface area contributed by atoms with Gasteiger partial charge in [-0.1, -0.05) is 48.5 Å². The SMILES string of the molecule is O=C(NCCCN(Cc1ccccc1)C(=O)c1cccs1)c1nc2ccccc2c(=O)[nH]1. The van der Waals surface area contributed by atoms with Gasteiger partial charge in [0.05, 0.1) is 15.8 Å². The van der Waals surface area contributed by atoms with Gasteiger partial charge >= 0.3 is 0 Å². The van der Waals surface area contributed by atoms with Crippen molar-refractivity contribution in [3.63, 3.8) is 0 Å². The number of benzene rings is 2. The molecular formula is C24H22N4O3S. The summed E-state index contributed by atoms with van der Waals surface area (Å²) in [5, 5.41) is 5.09. The molecule has 0 saturated heterocycles. The van der Waals surface area contributed by atoms with Crippen molar-refractivity contribution in [3.05, 3.63) is 98.7 Å². The van der Waals surface area contributed by atoms with E-state index in [1.54, 1.807) is 29.2 Å². The maximum Gasteiger partial charge on any atom is 0.287 e. The van der Waals surface area contributed by atoms with Crippen LogP contribution in [0.25, 0.3) is 10.9 Å². The van der Waals surface area contributed by atoms with E-state index in [9.17, 15) is 14.4 Å². The van der Waals surface area contributed by atoms with E-state index in [2.05, 4.69) is 15.3 Å². The highest BCUT2D eigenvalue weighted by atomic mass is 32.1. The zero-order valence-electron chi connectivity index (χ0n) is 17.3. The van der Waals surface area contributed by atoms with Gasteiger partial charge < -0.3 is 15.2 Å². The maximum atomic E-state index is 12.9. The summed E-state index contributed by atoms with van der Waals surface area (Å²) in [6.07, 6.45) is 0.563. The number of amides is 2. The van der Waals surface area contributed by atoms with Crippen molar-refractivity contribution < 1.29 is 9.59 Å². The van der Waals surface area contributed by atoms with Gasteiger partial charge in [0.25, 0.3) is 17.4 Å². The number of aromatic nitrogens is 2. The molecule has 2 aromatic carbocycles. The minimum Gasteiger partial charge on any atom is -0.349 e. The van der Waals surface area contributed by atoms with Crippen molar-refractivity contribution in [3.8, 4) is 0 Å². The average Bonchev–Trinajstić information content (AvgIpc) is 3.36. The van der Waals surface area contributed by atoms with Crippen molar-refractivity contribution in [2.24, 2.45) is 0 Å². The monoisotopic (exact) mass is 446 g/mol. The predicted octanol–water partition coefficient (Wildman–Crippen LogP) is 3.45. The first-order valence-electron chi connectivity index (χ1n) is 10.3. The number of hydrogen-bond acceptors (Lipinski definition) is 5. The molecule has 0 bridgehead atoms. The van der Waals surface area contributed by atoms with E-state index in [1.807, 2.05) is 47.8 Å². The van der Waals surface area contributed by atoms with Gasteiger partial charge in [0, 0.05) is 19.6 Å². The molecule has 7 nitrogen and oxygen atoms in total. The first-order chi connectivity index (χ1) is 15.6. The lowest BCUT2D eigenvalue weighted by Crippen LogP contribution is -2.34. The standard InChI is InChI=1S/C24H22N4O3S/c29-22-18-10-4-5-11-19(18)26-21(27-22)23(30)25-13-7-14-28(16-17-8-2-1-3-9-17)24(31)20-12-6-15-32-20/h1-6,8-12,15H,7,13-14,16H2,(H,25,30)(H,26,27,29). The smallest absolute Gasteiger partial charge is 0.287 e. The molecule has 0 radical (unpaired) electrons. The molecule has 0 unspecified atom stereocenters. The van der Waals surface area contributed by atoms with E-state index < -0.39 is 5.91 Å². The highest BCUT2D eigenvalue weighted by Gasteiger charge is 2.17. The van der Waals surface area contributed by atoms with Crippen LogP contribution in [0.2, 0.25) is 0 Å². The highest BCUT2D eigenvalue weighted by Crippen LogP contribution is 2.15. The lowest BCUT2D eigenvalue weighted by molar-refractivity contribution is 0.0746. The van der Waals surface area contributed by atoms with Gasteiger partial charge in [0.2, 0.25) is 0 Å². The Hall–Kier alpha value is -3.78. The largest absolute Gasteiger partial charge is 0.349 e. The lowest BCUT2D eigenvalue weighted by atomic mass is 10.2. The number of hydrogen-bond donors (Lipinski definition) is 2. The molecule has 4 aromatic rings. The third-order valence-electron chi connectivity index (χ3n) is 4.95. The van der Waals surface area contributed by atoms with Crippen LogP contribution in [0.3, 0.4) is 0 Å². The molecule has 2 N–H and O–H groups in total. The van der Waals surface area contributed by atoms with Crippen LogP contribution in [0.15, 0.2) is 76.9 Å². The van der Waals surface area contributed by atoms with Gasteiger partial charge in [0.15, 0.2) is 5.82 Å². The summed E-state index contributed by atoms with van der Waals surface area (Å²) in [5.74, 6) is -0.507. The fraction of sp³-hybridized carbons (Fsp3) is 0.167. The number of nitrogens with zero attached hydrogens (tertiary/aromatic N) is 2.